The maximum Gasteiger partial charge on any atom is 0.268 e. The van der Waals surface area contributed by atoms with Crippen molar-refractivity contribution < 1.29 is 0 Å². The fourth-order valence-electron chi connectivity index (χ4n) is 0.522. The molecule has 5 heteroatoms. The quantitative estimate of drug-likeness (QED) is 0.658. The van der Waals surface area contributed by atoms with Crippen LogP contribution in [0.4, 0.5) is 5.82 Å². The Bertz CT molecular complexity index is 306. The van der Waals surface area contributed by atoms with Gasteiger partial charge in [-0.15, -0.1) is 0 Å². The Balaban J connectivity index is 3.50. The first-order chi connectivity index (χ1) is 4.63. The SMILES string of the molecule is Cn1cnc(N)c(I)c1=O. The first kappa shape index (κ1) is 7.52. The van der Waals surface area contributed by atoms with E-state index in [9.17, 15) is 4.79 Å². The largest absolute Gasteiger partial charge is 0.383 e. The molecule has 0 unspecified atom stereocenters. The van der Waals surface area contributed by atoms with Crippen molar-refractivity contribution in [3.63, 3.8) is 0 Å². The molecule has 0 spiro atoms. The third-order valence-corrected chi connectivity index (χ3v) is 2.12. The van der Waals surface area contributed by atoms with Crippen LogP contribution in [-0.4, -0.2) is 9.55 Å². The fraction of sp³-hybridized carbons (Fsp3) is 0.200. The van der Waals surface area contributed by atoms with E-state index in [1.54, 1.807) is 7.05 Å². The van der Waals surface area contributed by atoms with Crippen LogP contribution < -0.4 is 11.3 Å². The lowest BCUT2D eigenvalue weighted by molar-refractivity contribution is 0.820. The van der Waals surface area contributed by atoms with Crippen LogP contribution in [0.3, 0.4) is 0 Å². The topological polar surface area (TPSA) is 60.9 Å². The molecule has 0 bridgehead atoms. The number of nitrogens with two attached hydrogens (primary N) is 1. The zero-order valence-electron chi connectivity index (χ0n) is 5.34. The van der Waals surface area contributed by atoms with Crippen molar-refractivity contribution in [1.29, 1.82) is 0 Å². The number of hydrogen-bond donors (Lipinski definition) is 1. The summed E-state index contributed by atoms with van der Waals surface area (Å²) < 4.78 is 1.86. The molecule has 0 atom stereocenters. The van der Waals surface area contributed by atoms with E-state index in [2.05, 4.69) is 4.98 Å². The first-order valence-electron chi connectivity index (χ1n) is 2.59. The zero-order chi connectivity index (χ0) is 7.72. The monoisotopic (exact) mass is 251 g/mol. The second-order valence-corrected chi connectivity index (χ2v) is 2.94. The molecule has 0 amide bonds. The molecule has 1 aromatic rings. The Hall–Kier alpha value is -0.590. The maximum absolute atomic E-state index is 11.0. The Labute approximate surface area is 71.2 Å². The fourth-order valence-corrected chi connectivity index (χ4v) is 1.04. The standard InChI is InChI=1S/C5H6IN3O/c1-9-2-8-4(7)3(6)5(9)10/h2H,7H2,1H3. The number of nitrogen functional groups attached to an aromatic ring is 1. The van der Waals surface area contributed by atoms with Gasteiger partial charge in [-0.25, -0.2) is 4.98 Å². The summed E-state index contributed by atoms with van der Waals surface area (Å²) in [6.07, 6.45) is 1.40. The minimum atomic E-state index is -0.104. The number of nitrogens with zero attached hydrogens (tertiary/aromatic N) is 2. The molecule has 1 rings (SSSR count). The number of hydrogen-bond acceptors (Lipinski definition) is 3. The van der Waals surface area contributed by atoms with Crippen LogP contribution in [0.5, 0.6) is 0 Å². The number of anilines is 1. The summed E-state index contributed by atoms with van der Waals surface area (Å²) in [5.41, 5.74) is 5.25. The van der Waals surface area contributed by atoms with Gasteiger partial charge in [0.05, 0.1) is 6.33 Å². The lowest BCUT2D eigenvalue weighted by Crippen LogP contribution is -2.21. The van der Waals surface area contributed by atoms with Crippen LogP contribution in [0.25, 0.3) is 0 Å². The van der Waals surface area contributed by atoms with Crippen LogP contribution in [0.2, 0.25) is 0 Å². The van der Waals surface area contributed by atoms with Gasteiger partial charge in [0.15, 0.2) is 0 Å². The minimum absolute atomic E-state index is 0.104. The van der Waals surface area contributed by atoms with Gasteiger partial charge in [-0.05, 0) is 22.6 Å². The molecule has 0 radical (unpaired) electrons. The van der Waals surface area contributed by atoms with Gasteiger partial charge in [0.25, 0.3) is 5.56 Å². The molecule has 0 aromatic carbocycles. The molecule has 10 heavy (non-hydrogen) atoms. The second-order valence-electron chi connectivity index (χ2n) is 1.86. The summed E-state index contributed by atoms with van der Waals surface area (Å²) in [4.78, 5) is 14.8. The van der Waals surface area contributed by atoms with Crippen molar-refractivity contribution in [3.8, 4) is 0 Å². The van der Waals surface area contributed by atoms with E-state index in [1.807, 2.05) is 22.6 Å². The highest BCUT2D eigenvalue weighted by Crippen LogP contribution is 2.02. The highest BCUT2D eigenvalue weighted by Gasteiger charge is 2.01. The molecule has 0 fully saturated rings. The average molecular weight is 251 g/mol. The Morgan fingerprint density at radius 3 is 2.90 bits per heavy atom. The van der Waals surface area contributed by atoms with Crippen molar-refractivity contribution >= 4 is 28.4 Å². The first-order valence-corrected chi connectivity index (χ1v) is 3.67. The molecule has 1 aromatic heterocycles. The van der Waals surface area contributed by atoms with E-state index in [-0.39, 0.29) is 5.56 Å². The van der Waals surface area contributed by atoms with Crippen molar-refractivity contribution in [3.05, 3.63) is 20.3 Å². The van der Waals surface area contributed by atoms with E-state index in [4.69, 9.17) is 5.73 Å². The summed E-state index contributed by atoms with van der Waals surface area (Å²) in [5, 5.41) is 0. The van der Waals surface area contributed by atoms with Crippen LogP contribution >= 0.6 is 22.6 Å². The van der Waals surface area contributed by atoms with Gasteiger partial charge in [-0.2, -0.15) is 0 Å². The Kier molecular flexibility index (Phi) is 1.93. The second kappa shape index (κ2) is 2.57. The van der Waals surface area contributed by atoms with Gasteiger partial charge >= 0.3 is 0 Å². The molecular weight excluding hydrogens is 245 g/mol. The molecular formula is C5H6IN3O. The zero-order valence-corrected chi connectivity index (χ0v) is 7.49. The predicted octanol–water partition coefficient (Wildman–Crippen LogP) is -0.0329. The van der Waals surface area contributed by atoms with Crippen LogP contribution in [0.15, 0.2) is 11.1 Å². The van der Waals surface area contributed by atoms with Crippen molar-refractivity contribution in [2.75, 3.05) is 5.73 Å². The van der Waals surface area contributed by atoms with Crippen molar-refractivity contribution in [2.24, 2.45) is 7.05 Å². The van der Waals surface area contributed by atoms with Crippen molar-refractivity contribution in [2.45, 2.75) is 0 Å². The van der Waals surface area contributed by atoms with E-state index in [0.29, 0.717) is 9.39 Å². The van der Waals surface area contributed by atoms with Gasteiger partial charge in [0.1, 0.15) is 9.39 Å². The summed E-state index contributed by atoms with van der Waals surface area (Å²) in [6, 6.07) is 0. The third kappa shape index (κ3) is 1.13. The summed E-state index contributed by atoms with van der Waals surface area (Å²) >= 11 is 1.87. The molecule has 0 aliphatic rings. The van der Waals surface area contributed by atoms with E-state index < -0.39 is 0 Å². The third-order valence-electron chi connectivity index (χ3n) is 1.10. The average Bonchev–Trinajstić information content (AvgIpc) is 1.93. The van der Waals surface area contributed by atoms with Crippen LogP contribution in [0, 0.1) is 3.57 Å². The van der Waals surface area contributed by atoms with Gasteiger partial charge in [-0.3, -0.25) is 4.79 Å². The van der Waals surface area contributed by atoms with Gasteiger partial charge in [-0.1, -0.05) is 0 Å². The Morgan fingerprint density at radius 1 is 1.80 bits per heavy atom. The molecule has 2 N–H and O–H groups in total. The van der Waals surface area contributed by atoms with E-state index in [1.165, 1.54) is 10.9 Å². The molecule has 54 valence electrons. The molecule has 0 saturated carbocycles. The summed E-state index contributed by atoms with van der Waals surface area (Å²) in [5.74, 6) is 0.295. The molecule has 0 saturated heterocycles. The molecule has 0 aliphatic carbocycles. The summed E-state index contributed by atoms with van der Waals surface area (Å²) in [6.45, 7) is 0. The Morgan fingerprint density at radius 2 is 2.40 bits per heavy atom. The minimum Gasteiger partial charge on any atom is -0.383 e. The predicted molar refractivity (Wildman–Crippen MR) is 46.6 cm³/mol. The van der Waals surface area contributed by atoms with Crippen LogP contribution in [-0.2, 0) is 7.05 Å². The highest BCUT2D eigenvalue weighted by atomic mass is 127. The van der Waals surface area contributed by atoms with Crippen molar-refractivity contribution in [1.82, 2.24) is 9.55 Å². The lowest BCUT2D eigenvalue weighted by Gasteiger charge is -1.97. The molecule has 1 heterocycles. The normalized spacial score (nSPS) is 9.80. The number of halogens is 1. The number of rotatable bonds is 0. The maximum atomic E-state index is 11.0. The molecule has 0 aliphatic heterocycles. The van der Waals surface area contributed by atoms with Gasteiger partial charge in [0, 0.05) is 7.05 Å². The number of aromatic nitrogens is 2. The highest BCUT2D eigenvalue weighted by molar-refractivity contribution is 14.1. The summed E-state index contributed by atoms with van der Waals surface area (Å²) in [7, 11) is 1.64. The molecule has 4 nitrogen and oxygen atoms in total. The lowest BCUT2D eigenvalue weighted by atomic mass is 10.6. The van der Waals surface area contributed by atoms with E-state index in [0.717, 1.165) is 0 Å². The van der Waals surface area contributed by atoms with Gasteiger partial charge in [0.2, 0.25) is 0 Å². The van der Waals surface area contributed by atoms with Crippen LogP contribution in [0.1, 0.15) is 0 Å². The van der Waals surface area contributed by atoms with E-state index >= 15 is 0 Å². The number of aryl methyl sites for hydroxylation is 1. The smallest absolute Gasteiger partial charge is 0.268 e. The van der Waals surface area contributed by atoms with Gasteiger partial charge < -0.3 is 10.3 Å².